The van der Waals surface area contributed by atoms with Gasteiger partial charge >= 0.3 is 0 Å². The Morgan fingerprint density at radius 1 is 1.09 bits per heavy atom. The van der Waals surface area contributed by atoms with Crippen LogP contribution in [0.1, 0.15) is 20.8 Å². The number of aromatic nitrogens is 1. The molecule has 110 valence electrons. The van der Waals surface area contributed by atoms with Crippen LogP contribution in [-0.2, 0) is 0 Å². The molecule has 0 saturated heterocycles. The molecule has 0 aliphatic rings. The summed E-state index contributed by atoms with van der Waals surface area (Å²) in [5.41, 5.74) is 7.53. The molecule has 0 aliphatic heterocycles. The molecular formula is C15H11N3O2S2. The van der Waals surface area contributed by atoms with Gasteiger partial charge in [0, 0.05) is 27.6 Å². The van der Waals surface area contributed by atoms with Crippen molar-refractivity contribution in [1.29, 1.82) is 0 Å². The average molecular weight is 329 g/mol. The molecule has 0 fully saturated rings. The van der Waals surface area contributed by atoms with E-state index < -0.39 is 5.91 Å². The van der Waals surface area contributed by atoms with Crippen molar-refractivity contribution in [2.75, 3.05) is 5.32 Å². The number of thiophene rings is 1. The van der Waals surface area contributed by atoms with E-state index in [1.165, 1.54) is 11.3 Å². The van der Waals surface area contributed by atoms with E-state index in [9.17, 15) is 9.59 Å². The van der Waals surface area contributed by atoms with Crippen molar-refractivity contribution in [3.05, 3.63) is 57.7 Å². The molecule has 7 heteroatoms. The van der Waals surface area contributed by atoms with Gasteiger partial charge in [-0.2, -0.15) is 11.3 Å². The molecule has 0 aliphatic carbocycles. The van der Waals surface area contributed by atoms with E-state index in [4.69, 9.17) is 5.73 Å². The summed E-state index contributed by atoms with van der Waals surface area (Å²) in [6, 6.07) is 8.35. The third-order valence-corrected chi connectivity index (χ3v) is 4.51. The summed E-state index contributed by atoms with van der Waals surface area (Å²) < 4.78 is 0. The summed E-state index contributed by atoms with van der Waals surface area (Å²) >= 11 is 3.01. The molecule has 3 rings (SSSR count). The minimum absolute atomic E-state index is 0.287. The first-order valence-electron chi connectivity index (χ1n) is 6.33. The highest BCUT2D eigenvalue weighted by Gasteiger charge is 2.12. The molecule has 5 nitrogen and oxygen atoms in total. The van der Waals surface area contributed by atoms with E-state index in [1.54, 1.807) is 41.0 Å². The quantitative estimate of drug-likeness (QED) is 0.770. The van der Waals surface area contributed by atoms with Crippen LogP contribution < -0.4 is 11.1 Å². The summed E-state index contributed by atoms with van der Waals surface area (Å²) in [6.07, 6.45) is 0. The van der Waals surface area contributed by atoms with Crippen LogP contribution in [0.5, 0.6) is 0 Å². The average Bonchev–Trinajstić information content (AvgIpc) is 3.19. The molecule has 0 spiro atoms. The Morgan fingerprint density at radius 3 is 2.50 bits per heavy atom. The minimum atomic E-state index is -0.502. The lowest BCUT2D eigenvalue weighted by molar-refractivity contribution is 0.0998. The summed E-state index contributed by atoms with van der Waals surface area (Å²) in [5, 5.41) is 9.23. The van der Waals surface area contributed by atoms with Gasteiger partial charge in [-0.1, -0.05) is 0 Å². The van der Waals surface area contributed by atoms with Gasteiger partial charge in [-0.3, -0.25) is 9.59 Å². The smallest absolute Gasteiger partial charge is 0.275 e. The van der Waals surface area contributed by atoms with Gasteiger partial charge in [-0.15, -0.1) is 11.3 Å². The minimum Gasteiger partial charge on any atom is -0.366 e. The Labute approximate surface area is 134 Å². The van der Waals surface area contributed by atoms with Gasteiger partial charge < -0.3 is 11.1 Å². The molecule has 2 heterocycles. The number of nitrogens with two attached hydrogens (primary N) is 1. The number of carbonyl (C=O) groups is 2. The second kappa shape index (κ2) is 6.08. The number of benzene rings is 1. The number of thiazole rings is 1. The van der Waals surface area contributed by atoms with Crippen LogP contribution in [0, 0.1) is 0 Å². The van der Waals surface area contributed by atoms with Crippen molar-refractivity contribution < 1.29 is 9.59 Å². The van der Waals surface area contributed by atoms with E-state index in [1.807, 2.05) is 16.8 Å². The maximum atomic E-state index is 12.2. The normalized spacial score (nSPS) is 10.4. The number of nitrogens with zero attached hydrogens (tertiary/aromatic N) is 1. The first-order valence-corrected chi connectivity index (χ1v) is 8.15. The molecule has 3 N–H and O–H groups in total. The van der Waals surface area contributed by atoms with Gasteiger partial charge in [0.15, 0.2) is 0 Å². The molecule has 2 aromatic heterocycles. The molecule has 0 atom stereocenters. The zero-order valence-electron chi connectivity index (χ0n) is 11.3. The number of rotatable bonds is 4. The third-order valence-electron chi connectivity index (χ3n) is 2.93. The summed E-state index contributed by atoms with van der Waals surface area (Å²) in [4.78, 5) is 27.5. The van der Waals surface area contributed by atoms with E-state index >= 15 is 0 Å². The molecule has 3 aromatic rings. The van der Waals surface area contributed by atoms with Gasteiger partial charge in [0.1, 0.15) is 10.7 Å². The van der Waals surface area contributed by atoms with E-state index in [0.29, 0.717) is 16.9 Å². The molecule has 0 unspecified atom stereocenters. The van der Waals surface area contributed by atoms with Crippen molar-refractivity contribution in [2.45, 2.75) is 0 Å². The van der Waals surface area contributed by atoms with Crippen LogP contribution in [0.3, 0.4) is 0 Å². The second-order valence-electron chi connectivity index (χ2n) is 4.45. The Bertz CT molecular complexity index is 808. The van der Waals surface area contributed by atoms with Crippen LogP contribution in [0.2, 0.25) is 0 Å². The highest BCUT2D eigenvalue weighted by Crippen LogP contribution is 2.26. The number of nitrogens with one attached hydrogen (secondary N) is 1. The fourth-order valence-corrected chi connectivity index (χ4v) is 3.32. The van der Waals surface area contributed by atoms with Gasteiger partial charge in [-0.05, 0) is 35.7 Å². The zero-order chi connectivity index (χ0) is 15.5. The Kier molecular flexibility index (Phi) is 3.99. The molecule has 0 radical (unpaired) electrons. The fourth-order valence-electron chi connectivity index (χ4n) is 1.81. The monoisotopic (exact) mass is 329 g/mol. The maximum Gasteiger partial charge on any atom is 0.275 e. The number of primary amides is 1. The first-order chi connectivity index (χ1) is 10.6. The summed E-state index contributed by atoms with van der Waals surface area (Å²) in [7, 11) is 0. The predicted molar refractivity (Wildman–Crippen MR) is 88.3 cm³/mol. The number of anilines is 1. The molecule has 1 aromatic carbocycles. The molecule has 22 heavy (non-hydrogen) atoms. The van der Waals surface area contributed by atoms with Crippen LogP contribution >= 0.6 is 22.7 Å². The lowest BCUT2D eigenvalue weighted by Gasteiger charge is -2.03. The highest BCUT2D eigenvalue weighted by atomic mass is 32.1. The van der Waals surface area contributed by atoms with Crippen molar-refractivity contribution in [3.63, 3.8) is 0 Å². The van der Waals surface area contributed by atoms with Crippen molar-refractivity contribution in [2.24, 2.45) is 5.73 Å². The predicted octanol–water partition coefficient (Wildman–Crippen LogP) is 3.22. The number of carbonyl (C=O) groups excluding carboxylic acids is 2. The fraction of sp³-hybridized carbons (Fsp3) is 0. The van der Waals surface area contributed by atoms with Crippen molar-refractivity contribution in [1.82, 2.24) is 4.98 Å². The van der Waals surface area contributed by atoms with E-state index in [0.717, 1.165) is 10.6 Å². The summed E-state index contributed by atoms with van der Waals surface area (Å²) in [6.45, 7) is 0. The molecule has 0 bridgehead atoms. The van der Waals surface area contributed by atoms with Crippen LogP contribution in [-0.4, -0.2) is 16.8 Å². The topological polar surface area (TPSA) is 85.1 Å². The van der Waals surface area contributed by atoms with Crippen LogP contribution in [0.15, 0.2) is 46.5 Å². The van der Waals surface area contributed by atoms with Gasteiger partial charge in [-0.25, -0.2) is 4.98 Å². The first kappa shape index (κ1) is 14.4. The van der Waals surface area contributed by atoms with E-state index in [-0.39, 0.29) is 5.91 Å². The van der Waals surface area contributed by atoms with Crippen LogP contribution in [0.25, 0.3) is 10.6 Å². The Hall–Kier alpha value is -2.51. The Balaban J connectivity index is 1.73. The standard InChI is InChI=1S/C15H11N3O2S2/c16-13(19)9-1-3-11(4-2-9)17-14(20)12-8-22-15(18-12)10-5-6-21-7-10/h1-8H,(H2,16,19)(H,17,20). The van der Waals surface area contributed by atoms with Crippen molar-refractivity contribution >= 4 is 40.2 Å². The van der Waals surface area contributed by atoms with Gasteiger partial charge in [0.25, 0.3) is 5.91 Å². The highest BCUT2D eigenvalue weighted by molar-refractivity contribution is 7.14. The third kappa shape index (κ3) is 3.05. The largest absolute Gasteiger partial charge is 0.366 e. The van der Waals surface area contributed by atoms with E-state index in [2.05, 4.69) is 10.3 Å². The number of hydrogen-bond donors (Lipinski definition) is 2. The van der Waals surface area contributed by atoms with Crippen molar-refractivity contribution in [3.8, 4) is 10.6 Å². The van der Waals surface area contributed by atoms with Crippen LogP contribution in [0.4, 0.5) is 5.69 Å². The van der Waals surface area contributed by atoms with Gasteiger partial charge in [0.05, 0.1) is 0 Å². The maximum absolute atomic E-state index is 12.2. The molecular weight excluding hydrogens is 318 g/mol. The SMILES string of the molecule is NC(=O)c1ccc(NC(=O)c2csc(-c3ccsc3)n2)cc1. The number of hydrogen-bond acceptors (Lipinski definition) is 5. The lowest BCUT2D eigenvalue weighted by atomic mass is 10.2. The van der Waals surface area contributed by atoms with Gasteiger partial charge in [0.2, 0.25) is 5.91 Å². The zero-order valence-corrected chi connectivity index (χ0v) is 12.9. The molecule has 2 amide bonds. The Morgan fingerprint density at radius 2 is 1.86 bits per heavy atom. The lowest BCUT2D eigenvalue weighted by Crippen LogP contribution is -2.13. The number of amides is 2. The second-order valence-corrected chi connectivity index (χ2v) is 6.08. The summed E-state index contributed by atoms with van der Waals surface area (Å²) in [5.74, 6) is -0.790. The molecule has 0 saturated carbocycles.